The minimum Gasteiger partial charge on any atom is -0.378 e. The Morgan fingerprint density at radius 1 is 0.875 bits per heavy atom. The fraction of sp³-hybridized carbons (Fsp3) is 0.154. The average molecular weight is 446 g/mol. The number of anilines is 3. The Kier molecular flexibility index (Phi) is 5.76. The number of halogens is 1. The second-order valence-electron chi connectivity index (χ2n) is 7.99. The van der Waals surface area contributed by atoms with Gasteiger partial charge in [-0.1, -0.05) is 41.9 Å². The maximum Gasteiger partial charge on any atom is 0.282 e. The van der Waals surface area contributed by atoms with Crippen LogP contribution in [0.5, 0.6) is 0 Å². The maximum absolute atomic E-state index is 13.6. The zero-order valence-corrected chi connectivity index (χ0v) is 19.2. The zero-order chi connectivity index (χ0) is 23.0. The minimum absolute atomic E-state index is 0.251. The quantitative estimate of drug-likeness (QED) is 0.533. The number of carbonyl (C=O) groups is 2. The summed E-state index contributed by atoms with van der Waals surface area (Å²) in [4.78, 5) is 30.3. The Labute approximate surface area is 192 Å². The lowest BCUT2D eigenvalue weighted by Crippen LogP contribution is -2.32. The largest absolute Gasteiger partial charge is 0.378 e. The molecule has 0 spiro atoms. The number of hydrogen-bond donors (Lipinski definition) is 1. The first-order chi connectivity index (χ1) is 15.3. The van der Waals surface area contributed by atoms with Gasteiger partial charge in [0.2, 0.25) is 0 Å². The van der Waals surface area contributed by atoms with E-state index in [4.69, 9.17) is 11.6 Å². The molecule has 0 saturated heterocycles. The van der Waals surface area contributed by atoms with E-state index in [1.54, 1.807) is 30.3 Å². The van der Waals surface area contributed by atoms with E-state index in [1.807, 2.05) is 69.2 Å². The Morgan fingerprint density at radius 3 is 2.25 bits per heavy atom. The van der Waals surface area contributed by atoms with Crippen LogP contribution in [-0.2, 0) is 9.59 Å². The molecule has 2 amide bonds. The maximum atomic E-state index is 13.6. The van der Waals surface area contributed by atoms with Crippen LogP contribution in [-0.4, -0.2) is 25.9 Å². The van der Waals surface area contributed by atoms with Gasteiger partial charge in [-0.05, 0) is 66.9 Å². The number of aryl methyl sites for hydroxylation is 1. The third kappa shape index (κ3) is 3.87. The molecule has 162 valence electrons. The van der Waals surface area contributed by atoms with Crippen molar-refractivity contribution in [3.63, 3.8) is 0 Å². The van der Waals surface area contributed by atoms with Crippen LogP contribution in [0.15, 0.2) is 72.4 Å². The molecule has 1 aliphatic rings. The van der Waals surface area contributed by atoms with Gasteiger partial charge >= 0.3 is 0 Å². The molecule has 1 N–H and O–H groups in total. The van der Waals surface area contributed by atoms with Gasteiger partial charge in [-0.25, -0.2) is 4.90 Å². The molecule has 0 unspecified atom stereocenters. The Morgan fingerprint density at radius 2 is 1.56 bits per heavy atom. The van der Waals surface area contributed by atoms with Gasteiger partial charge in [0.05, 0.1) is 11.3 Å². The number of imide groups is 1. The van der Waals surface area contributed by atoms with E-state index in [-0.39, 0.29) is 11.6 Å². The second kappa shape index (κ2) is 8.52. The SMILES string of the molecule is Cc1cccc(NC2=C(c3ccc(Cl)cc3)C(=O)N(c3cccc(N(C)C)c3)C2=O)c1C. The molecule has 3 aromatic carbocycles. The van der Waals surface area contributed by atoms with Crippen molar-refractivity contribution in [2.24, 2.45) is 0 Å². The first kappa shape index (κ1) is 21.7. The van der Waals surface area contributed by atoms with Gasteiger partial charge < -0.3 is 10.2 Å². The van der Waals surface area contributed by atoms with Crippen LogP contribution in [0, 0.1) is 13.8 Å². The van der Waals surface area contributed by atoms with Gasteiger partial charge in [0.1, 0.15) is 5.70 Å². The van der Waals surface area contributed by atoms with Crippen molar-refractivity contribution in [3.05, 3.63) is 94.1 Å². The molecule has 3 aromatic rings. The van der Waals surface area contributed by atoms with Crippen LogP contribution in [0.25, 0.3) is 5.57 Å². The smallest absolute Gasteiger partial charge is 0.282 e. The van der Waals surface area contributed by atoms with E-state index >= 15 is 0 Å². The Bertz CT molecular complexity index is 1250. The summed E-state index contributed by atoms with van der Waals surface area (Å²) in [5.74, 6) is -0.766. The van der Waals surface area contributed by atoms with Crippen molar-refractivity contribution in [1.82, 2.24) is 0 Å². The van der Waals surface area contributed by atoms with E-state index in [0.717, 1.165) is 22.5 Å². The number of amides is 2. The summed E-state index contributed by atoms with van der Waals surface area (Å²) in [6.07, 6.45) is 0. The molecule has 6 heteroatoms. The Balaban J connectivity index is 1.84. The van der Waals surface area contributed by atoms with Gasteiger partial charge in [0.25, 0.3) is 11.8 Å². The van der Waals surface area contributed by atoms with Crippen molar-refractivity contribution >= 4 is 46.1 Å². The molecule has 5 nitrogen and oxygen atoms in total. The van der Waals surface area contributed by atoms with Crippen LogP contribution < -0.4 is 15.1 Å². The molecule has 32 heavy (non-hydrogen) atoms. The highest BCUT2D eigenvalue weighted by Gasteiger charge is 2.40. The molecule has 0 aromatic heterocycles. The number of benzene rings is 3. The van der Waals surface area contributed by atoms with Gasteiger partial charge in [0.15, 0.2) is 0 Å². The summed E-state index contributed by atoms with van der Waals surface area (Å²) < 4.78 is 0. The van der Waals surface area contributed by atoms with E-state index in [1.165, 1.54) is 4.90 Å². The first-order valence-corrected chi connectivity index (χ1v) is 10.7. The first-order valence-electron chi connectivity index (χ1n) is 10.3. The van der Waals surface area contributed by atoms with Crippen LogP contribution >= 0.6 is 11.6 Å². The fourth-order valence-electron chi connectivity index (χ4n) is 3.70. The highest BCUT2D eigenvalue weighted by atomic mass is 35.5. The van der Waals surface area contributed by atoms with E-state index in [2.05, 4.69) is 5.32 Å². The molecule has 0 bridgehead atoms. The fourth-order valence-corrected chi connectivity index (χ4v) is 3.82. The molecule has 0 saturated carbocycles. The van der Waals surface area contributed by atoms with E-state index < -0.39 is 5.91 Å². The second-order valence-corrected chi connectivity index (χ2v) is 8.43. The molecular formula is C26H24ClN3O2. The molecule has 1 heterocycles. The monoisotopic (exact) mass is 445 g/mol. The molecule has 4 rings (SSSR count). The van der Waals surface area contributed by atoms with Crippen LogP contribution in [0.1, 0.15) is 16.7 Å². The molecule has 0 radical (unpaired) electrons. The lowest BCUT2D eigenvalue weighted by atomic mass is 10.0. The third-order valence-electron chi connectivity index (χ3n) is 5.69. The standard InChI is InChI=1S/C26H24ClN3O2/c1-16-7-5-10-22(17(16)2)28-24-23(18-11-13-19(27)14-12-18)25(31)30(26(24)32)21-9-6-8-20(15-21)29(3)4/h5-15,28H,1-4H3. The summed E-state index contributed by atoms with van der Waals surface area (Å²) in [5, 5.41) is 3.82. The highest BCUT2D eigenvalue weighted by molar-refractivity contribution is 6.46. The van der Waals surface area contributed by atoms with E-state index in [9.17, 15) is 9.59 Å². The molecule has 1 aliphatic heterocycles. The van der Waals surface area contributed by atoms with Crippen molar-refractivity contribution in [2.75, 3.05) is 29.2 Å². The summed E-state index contributed by atoms with van der Waals surface area (Å²) >= 11 is 6.06. The van der Waals surface area contributed by atoms with Crippen LogP contribution in [0.4, 0.5) is 17.1 Å². The van der Waals surface area contributed by atoms with Crippen LogP contribution in [0.2, 0.25) is 5.02 Å². The van der Waals surface area contributed by atoms with Gasteiger partial charge in [-0.3, -0.25) is 9.59 Å². The normalized spacial score (nSPS) is 13.7. The van der Waals surface area contributed by atoms with Gasteiger partial charge in [0, 0.05) is 30.5 Å². The molecule has 0 aliphatic carbocycles. The van der Waals surface area contributed by atoms with Crippen molar-refractivity contribution < 1.29 is 9.59 Å². The number of nitrogens with zero attached hydrogens (tertiary/aromatic N) is 2. The third-order valence-corrected chi connectivity index (χ3v) is 5.94. The molecule has 0 fully saturated rings. The van der Waals surface area contributed by atoms with E-state index in [0.29, 0.717) is 21.8 Å². The Hall–Kier alpha value is -3.57. The molecule has 0 atom stereocenters. The number of carbonyl (C=O) groups excluding carboxylic acids is 2. The predicted molar refractivity (Wildman–Crippen MR) is 131 cm³/mol. The summed E-state index contributed by atoms with van der Waals surface area (Å²) in [5.41, 5.74) is 5.52. The number of nitrogens with one attached hydrogen (secondary N) is 1. The van der Waals surface area contributed by atoms with Crippen LogP contribution in [0.3, 0.4) is 0 Å². The van der Waals surface area contributed by atoms with Crippen molar-refractivity contribution in [3.8, 4) is 0 Å². The average Bonchev–Trinajstić information content (AvgIpc) is 3.01. The number of hydrogen-bond acceptors (Lipinski definition) is 4. The number of rotatable bonds is 5. The topological polar surface area (TPSA) is 52.7 Å². The lowest BCUT2D eigenvalue weighted by Gasteiger charge is -2.19. The van der Waals surface area contributed by atoms with Gasteiger partial charge in [-0.15, -0.1) is 0 Å². The predicted octanol–water partition coefficient (Wildman–Crippen LogP) is 5.42. The zero-order valence-electron chi connectivity index (χ0n) is 18.4. The van der Waals surface area contributed by atoms with Crippen molar-refractivity contribution in [2.45, 2.75) is 13.8 Å². The lowest BCUT2D eigenvalue weighted by molar-refractivity contribution is -0.120. The summed E-state index contributed by atoms with van der Waals surface area (Å²) in [6, 6.07) is 20.1. The highest BCUT2D eigenvalue weighted by Crippen LogP contribution is 2.35. The van der Waals surface area contributed by atoms with Crippen molar-refractivity contribution in [1.29, 1.82) is 0 Å². The van der Waals surface area contributed by atoms with Gasteiger partial charge in [-0.2, -0.15) is 0 Å². The summed E-state index contributed by atoms with van der Waals surface area (Å²) in [6.45, 7) is 4.00. The summed E-state index contributed by atoms with van der Waals surface area (Å²) in [7, 11) is 3.83. The minimum atomic E-state index is -0.392. The molecular weight excluding hydrogens is 422 g/mol.